The van der Waals surface area contributed by atoms with Crippen LogP contribution in [0.25, 0.3) is 20.7 Å². The number of diazo groups is 2. The van der Waals surface area contributed by atoms with E-state index in [-0.39, 0.29) is 55.7 Å². The van der Waals surface area contributed by atoms with Gasteiger partial charge in [-0.1, -0.05) is 50.2 Å². The summed E-state index contributed by atoms with van der Waals surface area (Å²) in [6.45, 7) is 4.05. The van der Waals surface area contributed by atoms with Crippen molar-refractivity contribution in [2.24, 2.45) is 5.92 Å². The average Bonchev–Trinajstić information content (AvgIpc) is 3.13. The molecule has 2 N–H and O–H groups in total. The summed E-state index contributed by atoms with van der Waals surface area (Å²) < 4.78 is 64.5. The molecule has 1 atom stereocenters. The lowest BCUT2D eigenvalue weighted by Gasteiger charge is -2.33. The molecular weight excluding hydrogens is 693 g/mol. The number of allylic oxidation sites excluding steroid dienone is 7. The van der Waals surface area contributed by atoms with Crippen LogP contribution in [0.5, 0.6) is 17.2 Å². The standard InChI is InChI=1S/C37H30N4O8S2/c1-3-37(4-2,23-8-13-26(14-9-23)48-50(44,45)34-7-5-6-30-28(34)18-19-32(41-39)36(30)43)24-10-15-27(16-11-24)49-51(46,47)35-21-20-33(42)31-22-25(40-38)12-17-29(31)35/h5-21,31H,3-4,22H2,1-2H3/p+2. The first-order valence-corrected chi connectivity index (χ1v) is 18.8. The fourth-order valence-corrected chi connectivity index (χ4v) is 9.05. The molecule has 14 heteroatoms. The second kappa shape index (κ2) is 13.4. The molecule has 12 nitrogen and oxygen atoms in total. The van der Waals surface area contributed by atoms with Gasteiger partial charge in [0.05, 0.1) is 12.3 Å². The van der Waals surface area contributed by atoms with Crippen LogP contribution in [0.15, 0.2) is 130 Å². The Hall–Kier alpha value is -5.96. The van der Waals surface area contributed by atoms with Gasteiger partial charge in [-0.25, -0.2) is 0 Å². The normalized spacial score (nSPS) is 16.0. The van der Waals surface area contributed by atoms with Crippen LogP contribution in [-0.2, 0) is 25.7 Å². The maximum atomic E-state index is 13.4. The van der Waals surface area contributed by atoms with Gasteiger partial charge in [-0.2, -0.15) is 16.8 Å². The Bertz CT molecular complexity index is 2490. The van der Waals surface area contributed by atoms with Crippen LogP contribution in [0.4, 0.5) is 5.69 Å². The Morgan fingerprint density at radius 2 is 1.33 bits per heavy atom. The van der Waals surface area contributed by atoms with Gasteiger partial charge in [-0.05, 0) is 84.2 Å². The van der Waals surface area contributed by atoms with Crippen molar-refractivity contribution in [2.75, 3.05) is 0 Å². The molecule has 0 radical (unpaired) electrons. The maximum absolute atomic E-state index is 13.4. The summed E-state index contributed by atoms with van der Waals surface area (Å²) in [6.07, 6.45) is 7.01. The topological polar surface area (TPSA) is 184 Å². The van der Waals surface area contributed by atoms with Crippen LogP contribution in [-0.4, -0.2) is 27.0 Å². The van der Waals surface area contributed by atoms with Gasteiger partial charge in [0, 0.05) is 28.3 Å². The molecule has 51 heavy (non-hydrogen) atoms. The van der Waals surface area contributed by atoms with Crippen LogP contribution in [0.3, 0.4) is 0 Å². The summed E-state index contributed by atoms with van der Waals surface area (Å²) in [5.74, 6) is -0.928. The third kappa shape index (κ3) is 6.31. The lowest BCUT2D eigenvalue weighted by atomic mass is 9.70. The molecule has 0 aromatic heterocycles. The summed E-state index contributed by atoms with van der Waals surface area (Å²) in [4.78, 5) is 5.91. The third-order valence-electron chi connectivity index (χ3n) is 9.47. The van der Waals surface area contributed by atoms with Crippen LogP contribution in [0, 0.1) is 16.7 Å². The van der Waals surface area contributed by atoms with E-state index in [1.807, 2.05) is 13.8 Å². The number of aliphatic hydroxyl groups is 1. The van der Waals surface area contributed by atoms with Crippen molar-refractivity contribution >= 4 is 36.7 Å². The minimum Gasteiger partial charge on any atom is -0.512 e. The molecule has 2 aliphatic rings. The molecule has 0 saturated carbocycles. The highest BCUT2D eigenvalue weighted by Gasteiger charge is 2.38. The summed E-state index contributed by atoms with van der Waals surface area (Å²) in [7, 11) is -8.63. The number of benzene rings is 4. The monoisotopic (exact) mass is 724 g/mol. The van der Waals surface area contributed by atoms with Gasteiger partial charge in [0.1, 0.15) is 27.1 Å². The molecule has 258 valence electrons. The number of fused-ring (bicyclic) bond motifs is 2. The second-order valence-electron chi connectivity index (χ2n) is 12.1. The van der Waals surface area contributed by atoms with E-state index >= 15 is 0 Å². The number of nitrogens with zero attached hydrogens (tertiary/aromatic N) is 4. The quantitative estimate of drug-likeness (QED) is 0.119. The first kappa shape index (κ1) is 34.9. The zero-order valence-electron chi connectivity index (χ0n) is 27.5. The fraction of sp³-hybridized carbons (Fsp3) is 0.189. The fourth-order valence-electron chi connectivity index (χ4n) is 6.72. The molecule has 0 amide bonds. The summed E-state index contributed by atoms with van der Waals surface area (Å²) in [6, 6.07) is 20.5. The van der Waals surface area contributed by atoms with Crippen molar-refractivity contribution in [1.82, 2.24) is 0 Å². The Balaban J connectivity index is 1.23. The second-order valence-corrected chi connectivity index (χ2v) is 15.1. The first-order valence-electron chi connectivity index (χ1n) is 15.9. The van der Waals surface area contributed by atoms with Gasteiger partial charge in [-0.3, -0.25) is 0 Å². The van der Waals surface area contributed by atoms with E-state index in [9.17, 15) is 27.0 Å². The van der Waals surface area contributed by atoms with Crippen molar-refractivity contribution in [1.29, 1.82) is 10.8 Å². The van der Waals surface area contributed by atoms with Crippen molar-refractivity contribution in [3.8, 4) is 17.2 Å². The molecule has 1 unspecified atom stereocenters. The Morgan fingerprint density at radius 1 is 0.725 bits per heavy atom. The number of hydrogen-bond donors (Lipinski definition) is 2. The summed E-state index contributed by atoms with van der Waals surface area (Å²) in [5, 5.41) is 39.4. The SMILES string of the molecule is CCC(CC)(c1ccc(OS(=O)(=O)C2=CC=C(O)C3CC([N+]#N)=CC=C23)cc1)c1ccc(OS(=O)(=O)c2cccc3c(O)c([N+]#N)ccc23)cc1. The smallest absolute Gasteiger partial charge is 0.426 e. The largest absolute Gasteiger partial charge is 0.512 e. The maximum Gasteiger partial charge on any atom is 0.426 e. The van der Waals surface area contributed by atoms with E-state index in [1.165, 1.54) is 54.6 Å². The van der Waals surface area contributed by atoms with E-state index in [0.29, 0.717) is 24.1 Å². The van der Waals surface area contributed by atoms with Gasteiger partial charge in [0.2, 0.25) is 16.5 Å². The molecule has 6 rings (SSSR count). The first-order chi connectivity index (χ1) is 24.4. The van der Waals surface area contributed by atoms with Crippen molar-refractivity contribution in [3.05, 3.63) is 146 Å². The Morgan fingerprint density at radius 3 is 1.90 bits per heavy atom. The van der Waals surface area contributed by atoms with Crippen molar-refractivity contribution in [3.63, 3.8) is 0 Å². The lowest BCUT2D eigenvalue weighted by Crippen LogP contribution is -2.26. The number of aromatic hydroxyl groups is 1. The van der Waals surface area contributed by atoms with Crippen LogP contribution >= 0.6 is 0 Å². The highest BCUT2D eigenvalue weighted by atomic mass is 32.2. The molecule has 0 saturated heterocycles. The molecule has 4 aromatic carbocycles. The van der Waals surface area contributed by atoms with Gasteiger partial charge in [0.25, 0.3) is 0 Å². The Kier molecular flexibility index (Phi) is 9.16. The zero-order chi connectivity index (χ0) is 36.6. The number of rotatable bonds is 10. The minimum absolute atomic E-state index is 0.0450. The number of hydrogen-bond acceptors (Lipinski definition) is 10. The molecule has 4 aromatic rings. The highest BCUT2D eigenvalue weighted by molar-refractivity contribution is 7.91. The average molecular weight is 725 g/mol. The van der Waals surface area contributed by atoms with E-state index < -0.39 is 31.6 Å². The van der Waals surface area contributed by atoms with Gasteiger partial charge >= 0.3 is 31.6 Å². The van der Waals surface area contributed by atoms with Crippen LogP contribution in [0.1, 0.15) is 44.2 Å². The number of aliphatic hydroxyl groups excluding tert-OH is 1. The highest BCUT2D eigenvalue weighted by Crippen LogP contribution is 2.43. The molecule has 0 spiro atoms. The van der Waals surface area contributed by atoms with E-state index in [0.717, 1.165) is 11.1 Å². The van der Waals surface area contributed by atoms with Gasteiger partial charge in [0.15, 0.2) is 9.95 Å². The Labute approximate surface area is 294 Å². The molecule has 0 bridgehead atoms. The van der Waals surface area contributed by atoms with E-state index in [1.54, 1.807) is 48.5 Å². The van der Waals surface area contributed by atoms with Crippen LogP contribution < -0.4 is 8.37 Å². The zero-order valence-corrected chi connectivity index (χ0v) is 29.1. The van der Waals surface area contributed by atoms with E-state index in [2.05, 4.69) is 9.95 Å². The van der Waals surface area contributed by atoms with Gasteiger partial charge < -0.3 is 18.6 Å². The molecule has 0 aliphatic heterocycles. The number of phenols is 1. The predicted octanol–water partition coefficient (Wildman–Crippen LogP) is 8.64. The minimum atomic E-state index is -4.34. The molecular formula is C37H32N4O8S2+2. The van der Waals surface area contributed by atoms with E-state index in [4.69, 9.17) is 19.2 Å². The summed E-state index contributed by atoms with van der Waals surface area (Å²) in [5.41, 5.74) is 1.78. The lowest BCUT2D eigenvalue weighted by molar-refractivity contribution is 0.347. The third-order valence-corrected chi connectivity index (χ3v) is 12.1. The van der Waals surface area contributed by atoms with Gasteiger partial charge in [-0.15, -0.1) is 0 Å². The number of phenolic OH excluding ortho intramolecular Hbond substituents is 1. The van der Waals surface area contributed by atoms with Crippen molar-refractivity contribution in [2.45, 2.75) is 43.4 Å². The van der Waals surface area contributed by atoms with Crippen LogP contribution in [0.2, 0.25) is 0 Å². The molecule has 0 heterocycles. The molecule has 0 fully saturated rings. The summed E-state index contributed by atoms with van der Waals surface area (Å²) >= 11 is 0. The molecule has 2 aliphatic carbocycles. The predicted molar refractivity (Wildman–Crippen MR) is 190 cm³/mol. The van der Waals surface area contributed by atoms with Crippen molar-refractivity contribution < 1.29 is 35.4 Å².